The van der Waals surface area contributed by atoms with Crippen molar-refractivity contribution in [1.29, 1.82) is 0 Å². The van der Waals surface area contributed by atoms with Crippen LogP contribution in [0, 0.1) is 5.92 Å². The van der Waals surface area contributed by atoms with Gasteiger partial charge in [-0.1, -0.05) is 24.1 Å². The number of hydrogen-bond donors (Lipinski definition) is 1. The highest BCUT2D eigenvalue weighted by Gasteiger charge is 2.14. The number of phenolic OH excluding ortho intramolecular Hbond substituents is 1. The maximum atomic E-state index is 10.3. The zero-order valence-corrected chi connectivity index (χ0v) is 14.1. The summed E-state index contributed by atoms with van der Waals surface area (Å²) in [6.07, 6.45) is 8.72. The zero-order chi connectivity index (χ0) is 16.1. The molecule has 0 aromatic heterocycles. The molecule has 0 unspecified atom stereocenters. The number of rotatable bonds is 5. The van der Waals surface area contributed by atoms with Crippen LogP contribution in [0.15, 0.2) is 29.9 Å². The molecule has 2 heteroatoms. The highest BCUT2D eigenvalue weighted by atomic mass is 16.5. The number of aromatic hydroxyl groups is 1. The summed E-state index contributed by atoms with van der Waals surface area (Å²) < 4.78 is 5.49. The SMILES string of the molecule is C=C(C)CCc1c(O)cc(C=C2CCC(C)CC2)cc1OC. The highest BCUT2D eigenvalue weighted by Crippen LogP contribution is 2.34. The van der Waals surface area contributed by atoms with E-state index in [-0.39, 0.29) is 0 Å². The molecule has 0 bridgehead atoms. The lowest BCUT2D eigenvalue weighted by Gasteiger charge is -2.20. The van der Waals surface area contributed by atoms with Crippen LogP contribution in [0.2, 0.25) is 0 Å². The number of phenols is 1. The van der Waals surface area contributed by atoms with Crippen molar-refractivity contribution >= 4 is 6.08 Å². The Hall–Kier alpha value is -1.70. The van der Waals surface area contributed by atoms with Gasteiger partial charge in [-0.15, -0.1) is 6.58 Å². The Morgan fingerprint density at radius 3 is 2.64 bits per heavy atom. The van der Waals surface area contributed by atoms with Crippen molar-refractivity contribution in [3.8, 4) is 11.5 Å². The van der Waals surface area contributed by atoms with Crippen LogP contribution in [0.4, 0.5) is 0 Å². The molecule has 0 saturated heterocycles. The summed E-state index contributed by atoms with van der Waals surface area (Å²) in [6.45, 7) is 8.25. The summed E-state index contributed by atoms with van der Waals surface area (Å²) in [5.74, 6) is 1.94. The molecule has 1 saturated carbocycles. The van der Waals surface area contributed by atoms with E-state index in [1.165, 1.54) is 31.3 Å². The van der Waals surface area contributed by atoms with Gasteiger partial charge in [-0.3, -0.25) is 0 Å². The van der Waals surface area contributed by atoms with Crippen LogP contribution in [0.3, 0.4) is 0 Å². The summed E-state index contributed by atoms with van der Waals surface area (Å²) in [5, 5.41) is 10.3. The Bertz CT molecular complexity index is 559. The van der Waals surface area contributed by atoms with Crippen molar-refractivity contribution in [1.82, 2.24) is 0 Å². The van der Waals surface area contributed by atoms with E-state index in [2.05, 4.69) is 19.6 Å². The molecule has 2 nitrogen and oxygen atoms in total. The lowest BCUT2D eigenvalue weighted by molar-refractivity contribution is 0.399. The second-order valence-corrected chi connectivity index (χ2v) is 6.66. The first-order valence-corrected chi connectivity index (χ1v) is 8.23. The first kappa shape index (κ1) is 16.7. The van der Waals surface area contributed by atoms with Gasteiger partial charge in [0, 0.05) is 5.56 Å². The van der Waals surface area contributed by atoms with Gasteiger partial charge >= 0.3 is 0 Å². The maximum Gasteiger partial charge on any atom is 0.126 e. The van der Waals surface area contributed by atoms with E-state index in [0.29, 0.717) is 5.75 Å². The Morgan fingerprint density at radius 2 is 2.05 bits per heavy atom. The fraction of sp³-hybridized carbons (Fsp3) is 0.500. The number of methoxy groups -OCH3 is 1. The molecule has 1 fully saturated rings. The van der Waals surface area contributed by atoms with E-state index in [9.17, 15) is 5.11 Å². The zero-order valence-electron chi connectivity index (χ0n) is 14.1. The van der Waals surface area contributed by atoms with Crippen molar-refractivity contribution in [2.45, 2.75) is 52.4 Å². The van der Waals surface area contributed by atoms with E-state index in [1.807, 2.05) is 19.1 Å². The second kappa shape index (κ2) is 7.53. The van der Waals surface area contributed by atoms with Crippen molar-refractivity contribution in [2.24, 2.45) is 5.92 Å². The molecule has 1 aliphatic carbocycles. The molecule has 1 aromatic carbocycles. The Labute approximate surface area is 134 Å². The molecule has 0 aliphatic heterocycles. The lowest BCUT2D eigenvalue weighted by Crippen LogP contribution is -2.03. The smallest absolute Gasteiger partial charge is 0.126 e. The van der Waals surface area contributed by atoms with Crippen molar-refractivity contribution < 1.29 is 9.84 Å². The molecule has 0 heterocycles. The third kappa shape index (κ3) is 4.40. The largest absolute Gasteiger partial charge is 0.508 e. The quantitative estimate of drug-likeness (QED) is 0.727. The van der Waals surface area contributed by atoms with Gasteiger partial charge in [-0.05, 0) is 69.1 Å². The molecule has 0 amide bonds. The van der Waals surface area contributed by atoms with Crippen LogP contribution in [0.25, 0.3) is 6.08 Å². The maximum absolute atomic E-state index is 10.3. The third-order valence-corrected chi connectivity index (χ3v) is 4.52. The van der Waals surface area contributed by atoms with Gasteiger partial charge in [0.2, 0.25) is 0 Å². The van der Waals surface area contributed by atoms with Crippen LogP contribution in [0.5, 0.6) is 11.5 Å². The van der Waals surface area contributed by atoms with Crippen LogP contribution in [-0.4, -0.2) is 12.2 Å². The normalized spacial score (nSPS) is 18.1. The van der Waals surface area contributed by atoms with E-state index in [0.717, 1.165) is 41.2 Å². The Balaban J connectivity index is 2.21. The highest BCUT2D eigenvalue weighted by molar-refractivity contribution is 5.60. The van der Waals surface area contributed by atoms with Crippen LogP contribution in [-0.2, 0) is 6.42 Å². The molecule has 2 rings (SSSR count). The van der Waals surface area contributed by atoms with Crippen molar-refractivity contribution in [2.75, 3.05) is 7.11 Å². The third-order valence-electron chi connectivity index (χ3n) is 4.52. The molecule has 1 N–H and O–H groups in total. The summed E-state index contributed by atoms with van der Waals surface area (Å²) in [4.78, 5) is 0. The molecule has 1 aliphatic rings. The van der Waals surface area contributed by atoms with Gasteiger partial charge < -0.3 is 9.84 Å². The molecular weight excluding hydrogens is 272 g/mol. The van der Waals surface area contributed by atoms with Crippen LogP contribution < -0.4 is 4.74 Å². The number of hydrogen-bond acceptors (Lipinski definition) is 2. The summed E-state index contributed by atoms with van der Waals surface area (Å²) in [7, 11) is 1.66. The summed E-state index contributed by atoms with van der Waals surface area (Å²) in [6, 6.07) is 3.90. The standard InChI is InChI=1S/C20H28O2/c1-14(2)5-10-18-19(21)12-17(13-20(18)22-4)11-16-8-6-15(3)7-9-16/h11-13,15,21H,1,5-10H2,2-4H3. The molecular formula is C20H28O2. The number of benzene rings is 1. The lowest BCUT2D eigenvalue weighted by atomic mass is 9.86. The Kier molecular flexibility index (Phi) is 5.70. The summed E-state index contributed by atoms with van der Waals surface area (Å²) in [5.41, 5.74) is 4.51. The van der Waals surface area contributed by atoms with Crippen molar-refractivity contribution in [3.05, 3.63) is 41.0 Å². The minimum absolute atomic E-state index is 0.330. The molecule has 22 heavy (non-hydrogen) atoms. The fourth-order valence-corrected chi connectivity index (χ4v) is 3.02. The van der Waals surface area contributed by atoms with Crippen LogP contribution >= 0.6 is 0 Å². The predicted octanol–water partition coefficient (Wildman–Crippen LogP) is 5.50. The molecule has 0 spiro atoms. The average molecular weight is 300 g/mol. The topological polar surface area (TPSA) is 29.5 Å². The summed E-state index contributed by atoms with van der Waals surface area (Å²) >= 11 is 0. The van der Waals surface area contributed by atoms with Gasteiger partial charge in [0.05, 0.1) is 7.11 Å². The fourth-order valence-electron chi connectivity index (χ4n) is 3.02. The molecule has 0 atom stereocenters. The van der Waals surface area contributed by atoms with E-state index < -0.39 is 0 Å². The number of ether oxygens (including phenoxy) is 1. The molecule has 120 valence electrons. The Morgan fingerprint density at radius 1 is 1.36 bits per heavy atom. The first-order valence-electron chi connectivity index (χ1n) is 8.23. The predicted molar refractivity (Wildman–Crippen MR) is 93.4 cm³/mol. The minimum Gasteiger partial charge on any atom is -0.508 e. The number of allylic oxidation sites excluding steroid dienone is 2. The molecule has 0 radical (unpaired) electrons. The second-order valence-electron chi connectivity index (χ2n) is 6.66. The van der Waals surface area contributed by atoms with Gasteiger partial charge in [0.1, 0.15) is 11.5 Å². The van der Waals surface area contributed by atoms with Gasteiger partial charge in [0.15, 0.2) is 0 Å². The van der Waals surface area contributed by atoms with Crippen molar-refractivity contribution in [3.63, 3.8) is 0 Å². The van der Waals surface area contributed by atoms with E-state index in [1.54, 1.807) is 7.11 Å². The van der Waals surface area contributed by atoms with Gasteiger partial charge in [-0.25, -0.2) is 0 Å². The first-order chi connectivity index (χ1) is 10.5. The average Bonchev–Trinajstić information content (AvgIpc) is 2.47. The van der Waals surface area contributed by atoms with Crippen LogP contribution in [0.1, 0.15) is 57.1 Å². The minimum atomic E-state index is 0.330. The van der Waals surface area contributed by atoms with Gasteiger partial charge in [0.25, 0.3) is 0 Å². The van der Waals surface area contributed by atoms with E-state index >= 15 is 0 Å². The van der Waals surface area contributed by atoms with Gasteiger partial charge in [-0.2, -0.15) is 0 Å². The molecule has 1 aromatic rings. The van der Waals surface area contributed by atoms with E-state index in [4.69, 9.17) is 4.74 Å². The monoisotopic (exact) mass is 300 g/mol.